The lowest BCUT2D eigenvalue weighted by atomic mass is 10.00. The van der Waals surface area contributed by atoms with Gasteiger partial charge in [-0.15, -0.1) is 12.4 Å². The lowest BCUT2D eigenvalue weighted by molar-refractivity contribution is -0.122. The van der Waals surface area contributed by atoms with Crippen LogP contribution in [0.4, 0.5) is 0 Å². The highest BCUT2D eigenvalue weighted by Gasteiger charge is 2.25. The van der Waals surface area contributed by atoms with Crippen LogP contribution in [0.25, 0.3) is 0 Å². The maximum atomic E-state index is 11.9. The molecule has 1 aliphatic carbocycles. The van der Waals surface area contributed by atoms with Crippen LogP contribution < -0.4 is 25.3 Å². The Hall–Kier alpha value is -1.66. The first-order valence-electron chi connectivity index (χ1n) is 7.77. The van der Waals surface area contributed by atoms with Crippen molar-refractivity contribution in [2.75, 3.05) is 19.9 Å². The molecule has 1 heterocycles. The zero-order chi connectivity index (χ0) is 15.4. The molecule has 1 aromatic rings. The summed E-state index contributed by atoms with van der Waals surface area (Å²) in [5.41, 5.74) is 5.98. The maximum absolute atomic E-state index is 11.9. The fourth-order valence-corrected chi connectivity index (χ4v) is 2.96. The highest BCUT2D eigenvalue weighted by atomic mass is 35.5. The van der Waals surface area contributed by atoms with Gasteiger partial charge in [0.05, 0.1) is 6.54 Å². The van der Waals surface area contributed by atoms with E-state index >= 15 is 0 Å². The van der Waals surface area contributed by atoms with Gasteiger partial charge in [-0.1, -0.05) is 6.42 Å². The van der Waals surface area contributed by atoms with Gasteiger partial charge in [0.15, 0.2) is 11.5 Å². The largest absolute Gasteiger partial charge is 0.492 e. The summed E-state index contributed by atoms with van der Waals surface area (Å²) < 4.78 is 16.1. The first-order valence-corrected chi connectivity index (χ1v) is 7.77. The van der Waals surface area contributed by atoms with Gasteiger partial charge in [0.25, 0.3) is 0 Å². The number of nitrogens with one attached hydrogen (secondary N) is 1. The number of halogens is 1. The minimum Gasteiger partial charge on any atom is -0.492 e. The van der Waals surface area contributed by atoms with Crippen molar-refractivity contribution in [2.45, 2.75) is 31.7 Å². The molecule has 23 heavy (non-hydrogen) atoms. The molecule has 2 aliphatic rings. The number of rotatable bonds is 6. The molecule has 2 atom stereocenters. The number of ether oxygens (including phenoxy) is 3. The van der Waals surface area contributed by atoms with Gasteiger partial charge < -0.3 is 25.3 Å². The van der Waals surface area contributed by atoms with E-state index in [9.17, 15) is 4.79 Å². The van der Waals surface area contributed by atoms with Crippen LogP contribution in [-0.2, 0) is 4.79 Å². The Morgan fingerprint density at radius 3 is 2.91 bits per heavy atom. The van der Waals surface area contributed by atoms with Crippen LogP contribution in [0.5, 0.6) is 17.2 Å². The van der Waals surface area contributed by atoms with Crippen molar-refractivity contribution in [3.63, 3.8) is 0 Å². The molecule has 1 fully saturated rings. The average molecular weight is 343 g/mol. The van der Waals surface area contributed by atoms with Crippen molar-refractivity contribution < 1.29 is 19.0 Å². The fraction of sp³-hybridized carbons (Fsp3) is 0.562. The number of fused-ring (bicyclic) bond motifs is 1. The molecule has 6 nitrogen and oxygen atoms in total. The van der Waals surface area contributed by atoms with E-state index in [1.165, 1.54) is 0 Å². The first kappa shape index (κ1) is 17.7. The smallest absolute Gasteiger partial charge is 0.231 e. The van der Waals surface area contributed by atoms with Crippen LogP contribution in [-0.4, -0.2) is 31.9 Å². The molecule has 1 aromatic carbocycles. The second kappa shape index (κ2) is 8.26. The van der Waals surface area contributed by atoms with E-state index in [0.717, 1.165) is 25.0 Å². The van der Waals surface area contributed by atoms with Gasteiger partial charge in [-0.3, -0.25) is 4.79 Å². The van der Waals surface area contributed by atoms with Gasteiger partial charge in [0, 0.05) is 18.5 Å². The number of carbonyl (C=O) groups excluding carboxylic acids is 1. The van der Waals surface area contributed by atoms with Crippen LogP contribution in [0.1, 0.15) is 25.7 Å². The van der Waals surface area contributed by atoms with Crippen LogP contribution in [0, 0.1) is 5.92 Å². The van der Waals surface area contributed by atoms with E-state index in [4.69, 9.17) is 19.9 Å². The van der Waals surface area contributed by atoms with Crippen molar-refractivity contribution in [3.8, 4) is 17.2 Å². The molecule has 7 heteroatoms. The van der Waals surface area contributed by atoms with Gasteiger partial charge in [0.2, 0.25) is 12.7 Å². The zero-order valence-electron chi connectivity index (χ0n) is 13.0. The van der Waals surface area contributed by atoms with E-state index < -0.39 is 0 Å². The molecular weight excluding hydrogens is 320 g/mol. The van der Waals surface area contributed by atoms with Gasteiger partial charge in [-0.05, 0) is 30.9 Å². The summed E-state index contributed by atoms with van der Waals surface area (Å²) in [6.07, 6.45) is 3.74. The Labute approximate surface area is 142 Å². The Balaban J connectivity index is 0.00000192. The van der Waals surface area contributed by atoms with Crippen LogP contribution in [0.15, 0.2) is 18.2 Å². The number of carbonyl (C=O) groups is 1. The Bertz CT molecular complexity index is 541. The van der Waals surface area contributed by atoms with Crippen LogP contribution >= 0.6 is 12.4 Å². The monoisotopic (exact) mass is 342 g/mol. The van der Waals surface area contributed by atoms with E-state index in [1.807, 2.05) is 12.1 Å². The Morgan fingerprint density at radius 2 is 2.13 bits per heavy atom. The van der Waals surface area contributed by atoms with Gasteiger partial charge in [0.1, 0.15) is 12.4 Å². The fourth-order valence-electron chi connectivity index (χ4n) is 2.96. The van der Waals surface area contributed by atoms with E-state index in [1.54, 1.807) is 6.07 Å². The maximum Gasteiger partial charge on any atom is 0.231 e. The Morgan fingerprint density at radius 1 is 1.30 bits per heavy atom. The third kappa shape index (κ3) is 4.65. The molecule has 0 aromatic heterocycles. The van der Waals surface area contributed by atoms with Gasteiger partial charge in [-0.2, -0.15) is 0 Å². The van der Waals surface area contributed by atoms with Crippen molar-refractivity contribution in [3.05, 3.63) is 18.2 Å². The second-order valence-electron chi connectivity index (χ2n) is 5.77. The van der Waals surface area contributed by atoms with Crippen molar-refractivity contribution in [2.24, 2.45) is 11.7 Å². The molecule has 0 radical (unpaired) electrons. The molecule has 1 amide bonds. The standard InChI is InChI=1S/C16H22N2O4.ClH/c17-13-3-1-2-11(13)8-16(19)18-6-7-20-12-4-5-14-15(9-12)22-10-21-14;/h4-5,9,11,13H,1-3,6-8,10,17H2,(H,18,19);1H/t11-,13+;/m0./s1. The predicted octanol–water partition coefficient (Wildman–Crippen LogP) is 1.85. The predicted molar refractivity (Wildman–Crippen MR) is 88.3 cm³/mol. The summed E-state index contributed by atoms with van der Waals surface area (Å²) in [5.74, 6) is 2.51. The molecule has 128 valence electrons. The molecular formula is C16H23ClN2O4. The lowest BCUT2D eigenvalue weighted by Gasteiger charge is -2.14. The minimum absolute atomic E-state index is 0. The summed E-state index contributed by atoms with van der Waals surface area (Å²) in [7, 11) is 0. The molecule has 0 saturated heterocycles. The first-order chi connectivity index (χ1) is 10.7. The second-order valence-corrected chi connectivity index (χ2v) is 5.77. The molecule has 1 saturated carbocycles. The molecule has 1 aliphatic heterocycles. The summed E-state index contributed by atoms with van der Waals surface area (Å²) in [4.78, 5) is 11.9. The third-order valence-electron chi connectivity index (χ3n) is 4.20. The highest BCUT2D eigenvalue weighted by Crippen LogP contribution is 2.35. The quantitative estimate of drug-likeness (QED) is 0.771. The molecule has 3 N–H and O–H groups in total. The number of nitrogens with two attached hydrogens (primary N) is 1. The third-order valence-corrected chi connectivity index (χ3v) is 4.20. The molecule has 0 bridgehead atoms. The van der Waals surface area contributed by atoms with E-state index in [2.05, 4.69) is 5.32 Å². The topological polar surface area (TPSA) is 82.8 Å². The minimum atomic E-state index is 0. The lowest BCUT2D eigenvalue weighted by Crippen LogP contribution is -2.33. The van der Waals surface area contributed by atoms with E-state index in [0.29, 0.717) is 37.0 Å². The SMILES string of the molecule is Cl.N[C@@H]1CCC[C@H]1CC(=O)NCCOc1ccc2c(c1)OCO2. The van der Waals surface area contributed by atoms with Crippen LogP contribution in [0.3, 0.4) is 0 Å². The molecule has 3 rings (SSSR count). The molecule has 0 unspecified atom stereocenters. The normalized spacial score (nSPS) is 21.6. The number of amides is 1. The van der Waals surface area contributed by atoms with E-state index in [-0.39, 0.29) is 31.1 Å². The zero-order valence-corrected chi connectivity index (χ0v) is 13.8. The number of benzene rings is 1. The van der Waals surface area contributed by atoms with Gasteiger partial charge in [-0.25, -0.2) is 0 Å². The number of hydrogen-bond acceptors (Lipinski definition) is 5. The summed E-state index contributed by atoms with van der Waals surface area (Å²) in [6.45, 7) is 1.15. The Kier molecular flexibility index (Phi) is 6.36. The summed E-state index contributed by atoms with van der Waals surface area (Å²) >= 11 is 0. The highest BCUT2D eigenvalue weighted by molar-refractivity contribution is 5.85. The van der Waals surface area contributed by atoms with Crippen molar-refractivity contribution in [1.82, 2.24) is 5.32 Å². The van der Waals surface area contributed by atoms with Crippen molar-refractivity contribution in [1.29, 1.82) is 0 Å². The van der Waals surface area contributed by atoms with Gasteiger partial charge >= 0.3 is 0 Å². The molecule has 0 spiro atoms. The summed E-state index contributed by atoms with van der Waals surface area (Å²) in [5, 5.41) is 2.88. The average Bonchev–Trinajstić information content (AvgIpc) is 3.12. The van der Waals surface area contributed by atoms with Crippen LogP contribution in [0.2, 0.25) is 0 Å². The summed E-state index contributed by atoms with van der Waals surface area (Å²) in [6, 6.07) is 5.61. The van der Waals surface area contributed by atoms with Crippen molar-refractivity contribution >= 4 is 18.3 Å². The number of hydrogen-bond donors (Lipinski definition) is 2.